The maximum absolute atomic E-state index is 10.7. The van der Waals surface area contributed by atoms with Crippen LogP contribution in [0, 0.1) is 0 Å². The first-order valence-corrected chi connectivity index (χ1v) is 9.15. The summed E-state index contributed by atoms with van der Waals surface area (Å²) >= 11 is 0. The van der Waals surface area contributed by atoms with Crippen LogP contribution >= 0.6 is 0 Å². The van der Waals surface area contributed by atoms with Crippen molar-refractivity contribution >= 4 is 0 Å². The zero-order valence-electron chi connectivity index (χ0n) is 15.3. The first-order valence-electron chi connectivity index (χ1n) is 9.15. The van der Waals surface area contributed by atoms with Crippen LogP contribution in [-0.2, 0) is 14.2 Å². The SMILES string of the molecule is OCC1OC(OC2C(O)C(CO)OC(c3cccc(O)c3)C2O)C(O)C(O)C1O. The highest BCUT2D eigenvalue weighted by Gasteiger charge is 2.50. The Balaban J connectivity index is 1.84. The average Bonchev–Trinajstić information content (AvgIpc) is 2.71. The van der Waals surface area contributed by atoms with E-state index in [-0.39, 0.29) is 5.75 Å². The molecule has 11 nitrogen and oxygen atoms in total. The zero-order chi connectivity index (χ0) is 21.3. The number of aliphatic hydroxyl groups is 7. The maximum atomic E-state index is 10.7. The molecule has 0 spiro atoms. The topological polar surface area (TPSA) is 190 Å². The smallest absolute Gasteiger partial charge is 0.187 e. The minimum Gasteiger partial charge on any atom is -0.508 e. The first kappa shape index (κ1) is 22.3. The highest BCUT2D eigenvalue weighted by atomic mass is 16.7. The van der Waals surface area contributed by atoms with Gasteiger partial charge >= 0.3 is 0 Å². The third-order valence-electron chi connectivity index (χ3n) is 5.20. The molecule has 0 aliphatic carbocycles. The van der Waals surface area contributed by atoms with Gasteiger partial charge in [-0.1, -0.05) is 12.1 Å². The molecule has 164 valence electrons. The lowest BCUT2D eigenvalue weighted by atomic mass is 9.90. The van der Waals surface area contributed by atoms with Crippen molar-refractivity contribution in [2.24, 2.45) is 0 Å². The lowest BCUT2D eigenvalue weighted by Crippen LogP contribution is -2.63. The maximum Gasteiger partial charge on any atom is 0.187 e. The molecular weight excluding hydrogens is 392 g/mol. The number of phenols is 1. The van der Waals surface area contributed by atoms with Crippen LogP contribution in [0.1, 0.15) is 11.7 Å². The second-order valence-corrected chi connectivity index (χ2v) is 7.15. The molecule has 1 aromatic carbocycles. The van der Waals surface area contributed by atoms with Crippen LogP contribution in [0.15, 0.2) is 24.3 Å². The minimum atomic E-state index is -1.73. The van der Waals surface area contributed by atoms with Crippen LogP contribution in [0.25, 0.3) is 0 Å². The quantitative estimate of drug-likeness (QED) is 0.239. The largest absolute Gasteiger partial charge is 0.508 e. The van der Waals surface area contributed by atoms with Crippen molar-refractivity contribution in [1.29, 1.82) is 0 Å². The summed E-state index contributed by atoms with van der Waals surface area (Å²) in [5.41, 5.74) is 0.352. The van der Waals surface area contributed by atoms with E-state index in [0.717, 1.165) is 0 Å². The van der Waals surface area contributed by atoms with Gasteiger partial charge in [0.25, 0.3) is 0 Å². The Morgan fingerprint density at radius 3 is 2.07 bits per heavy atom. The molecule has 2 heterocycles. The summed E-state index contributed by atoms with van der Waals surface area (Å²) in [5.74, 6) is -0.0867. The lowest BCUT2D eigenvalue weighted by molar-refractivity contribution is -0.342. The molecule has 10 unspecified atom stereocenters. The van der Waals surface area contributed by atoms with E-state index in [2.05, 4.69) is 0 Å². The molecule has 29 heavy (non-hydrogen) atoms. The molecule has 1 aromatic rings. The van der Waals surface area contributed by atoms with Gasteiger partial charge in [0.2, 0.25) is 0 Å². The fourth-order valence-electron chi connectivity index (χ4n) is 3.56. The second kappa shape index (κ2) is 9.18. The molecule has 3 rings (SSSR count). The van der Waals surface area contributed by atoms with Gasteiger partial charge in [0, 0.05) is 0 Å². The van der Waals surface area contributed by atoms with E-state index >= 15 is 0 Å². The van der Waals surface area contributed by atoms with Crippen LogP contribution in [-0.4, -0.2) is 109 Å². The van der Waals surface area contributed by atoms with Crippen molar-refractivity contribution in [3.05, 3.63) is 29.8 Å². The fourth-order valence-corrected chi connectivity index (χ4v) is 3.56. The van der Waals surface area contributed by atoms with E-state index in [4.69, 9.17) is 14.2 Å². The highest BCUT2D eigenvalue weighted by Crippen LogP contribution is 2.36. The van der Waals surface area contributed by atoms with Crippen LogP contribution in [0.5, 0.6) is 5.75 Å². The van der Waals surface area contributed by atoms with E-state index < -0.39 is 74.4 Å². The van der Waals surface area contributed by atoms with Crippen molar-refractivity contribution in [2.45, 2.75) is 61.2 Å². The van der Waals surface area contributed by atoms with Gasteiger partial charge in [0.05, 0.1) is 13.2 Å². The van der Waals surface area contributed by atoms with Gasteiger partial charge in [-0.05, 0) is 17.7 Å². The van der Waals surface area contributed by atoms with Crippen LogP contribution < -0.4 is 0 Å². The van der Waals surface area contributed by atoms with Crippen molar-refractivity contribution in [3.8, 4) is 5.75 Å². The normalized spacial score (nSPS) is 43.3. The van der Waals surface area contributed by atoms with Crippen molar-refractivity contribution in [2.75, 3.05) is 13.2 Å². The zero-order valence-corrected chi connectivity index (χ0v) is 15.3. The molecule has 10 atom stereocenters. The summed E-state index contributed by atoms with van der Waals surface area (Å²) in [6.45, 7) is -1.29. The third-order valence-corrected chi connectivity index (χ3v) is 5.20. The van der Waals surface area contributed by atoms with Crippen molar-refractivity contribution < 1.29 is 55.1 Å². The molecule has 0 bridgehead atoms. The number of aromatic hydroxyl groups is 1. The van der Waals surface area contributed by atoms with Crippen molar-refractivity contribution in [1.82, 2.24) is 0 Å². The predicted octanol–water partition coefficient (Wildman–Crippen LogP) is -3.27. The van der Waals surface area contributed by atoms with E-state index in [1.807, 2.05) is 0 Å². The molecule has 0 aromatic heterocycles. The summed E-state index contributed by atoms with van der Waals surface area (Å²) in [6, 6.07) is 5.84. The second-order valence-electron chi connectivity index (χ2n) is 7.15. The number of benzene rings is 1. The Kier molecular flexibility index (Phi) is 7.06. The number of aliphatic hydroxyl groups excluding tert-OH is 7. The van der Waals surface area contributed by atoms with Gasteiger partial charge < -0.3 is 55.1 Å². The fraction of sp³-hybridized carbons (Fsp3) is 0.667. The van der Waals surface area contributed by atoms with Gasteiger partial charge in [-0.25, -0.2) is 0 Å². The first-order chi connectivity index (χ1) is 13.8. The molecule has 11 heteroatoms. The number of rotatable bonds is 5. The number of phenolic OH excluding ortho intramolecular Hbond substituents is 1. The van der Waals surface area contributed by atoms with E-state index in [1.54, 1.807) is 6.07 Å². The molecule has 2 fully saturated rings. The average molecular weight is 418 g/mol. The molecular formula is C18H26O11. The summed E-state index contributed by atoms with van der Waals surface area (Å²) in [5, 5.41) is 79.6. The molecule has 8 N–H and O–H groups in total. The minimum absolute atomic E-state index is 0.0867. The monoisotopic (exact) mass is 418 g/mol. The molecule has 2 aliphatic heterocycles. The van der Waals surface area contributed by atoms with Crippen LogP contribution in [0.3, 0.4) is 0 Å². The summed E-state index contributed by atoms with van der Waals surface area (Å²) in [7, 11) is 0. The predicted molar refractivity (Wildman–Crippen MR) is 93.5 cm³/mol. The number of ether oxygens (including phenoxy) is 3. The molecule has 0 saturated carbocycles. The van der Waals surface area contributed by atoms with Crippen LogP contribution in [0.2, 0.25) is 0 Å². The highest BCUT2D eigenvalue weighted by molar-refractivity contribution is 5.30. The standard InChI is InChI=1S/C18H26O11/c19-5-9-11(22)13(24)14(25)18(28-9)29-17-12(23)10(6-20)27-16(15(17)26)7-2-1-3-8(21)4-7/h1-4,9-26H,5-6H2. The molecule has 2 saturated heterocycles. The molecule has 0 amide bonds. The Hall–Kier alpha value is -1.38. The van der Waals surface area contributed by atoms with Gasteiger partial charge in [-0.15, -0.1) is 0 Å². The Morgan fingerprint density at radius 2 is 1.45 bits per heavy atom. The van der Waals surface area contributed by atoms with Crippen molar-refractivity contribution in [3.63, 3.8) is 0 Å². The van der Waals surface area contributed by atoms with E-state index in [0.29, 0.717) is 5.56 Å². The van der Waals surface area contributed by atoms with E-state index in [1.165, 1.54) is 18.2 Å². The summed E-state index contributed by atoms with van der Waals surface area (Å²) in [6.07, 6.45) is -14.6. The van der Waals surface area contributed by atoms with Gasteiger partial charge in [0.15, 0.2) is 6.29 Å². The van der Waals surface area contributed by atoms with Crippen LogP contribution in [0.4, 0.5) is 0 Å². The lowest BCUT2D eigenvalue weighted by Gasteiger charge is -2.46. The molecule has 0 radical (unpaired) electrons. The van der Waals surface area contributed by atoms with Gasteiger partial charge in [-0.2, -0.15) is 0 Å². The summed E-state index contributed by atoms with van der Waals surface area (Å²) < 4.78 is 16.3. The molecule has 2 aliphatic rings. The van der Waals surface area contributed by atoms with E-state index in [9.17, 15) is 40.9 Å². The third kappa shape index (κ3) is 4.39. The summed E-state index contributed by atoms with van der Waals surface area (Å²) in [4.78, 5) is 0. The van der Waals surface area contributed by atoms with Gasteiger partial charge in [0.1, 0.15) is 60.7 Å². The Morgan fingerprint density at radius 1 is 0.793 bits per heavy atom. The van der Waals surface area contributed by atoms with Gasteiger partial charge in [-0.3, -0.25) is 0 Å². The Bertz CT molecular complexity index is 671. The Labute approximate surface area is 165 Å². The number of hydrogen-bond acceptors (Lipinski definition) is 11. The number of hydrogen-bond donors (Lipinski definition) is 8.